The number of aryl methyl sites for hydroxylation is 1. The lowest BCUT2D eigenvalue weighted by molar-refractivity contribution is -0.392. The molecular formula is C43H48Cl3F3N6O11. The second kappa shape index (κ2) is 22.9. The van der Waals surface area contributed by atoms with E-state index in [1.54, 1.807) is 26.8 Å². The molecule has 0 aliphatic heterocycles. The summed E-state index contributed by atoms with van der Waals surface area (Å²) >= 11 is 18.1. The minimum absolute atomic E-state index is 0.0109. The van der Waals surface area contributed by atoms with Crippen molar-refractivity contribution in [2.75, 3.05) is 11.9 Å². The summed E-state index contributed by atoms with van der Waals surface area (Å²) in [4.78, 5) is 43.7. The van der Waals surface area contributed by atoms with Gasteiger partial charge in [0.2, 0.25) is 11.6 Å². The van der Waals surface area contributed by atoms with Gasteiger partial charge in [0, 0.05) is 41.3 Å². The number of halogens is 6. The number of nitro benzene ring substituents is 3. The highest BCUT2D eigenvalue weighted by atomic mass is 35.5. The second-order valence-corrected chi connectivity index (χ2v) is 16.8. The number of alkyl halides is 3. The van der Waals surface area contributed by atoms with Gasteiger partial charge in [-0.25, -0.2) is 4.79 Å². The molecule has 1 heterocycles. The van der Waals surface area contributed by atoms with Gasteiger partial charge in [0.15, 0.2) is 5.69 Å². The number of nitrogens with zero attached hydrogens (tertiary/aromatic N) is 5. The number of rotatable bonds is 14. The lowest BCUT2D eigenvalue weighted by Gasteiger charge is -2.17. The van der Waals surface area contributed by atoms with Crippen LogP contribution in [-0.4, -0.2) is 43.3 Å². The Morgan fingerprint density at radius 3 is 1.89 bits per heavy atom. The quantitative estimate of drug-likeness (QED) is 0.0810. The Kier molecular flexibility index (Phi) is 18.8. The normalized spacial score (nSPS) is 11.3. The maximum atomic E-state index is 12.6. The molecule has 1 N–H and O–H groups in total. The molecule has 0 aliphatic rings. The zero-order valence-electron chi connectivity index (χ0n) is 37.5. The molecule has 0 saturated carbocycles. The van der Waals surface area contributed by atoms with Gasteiger partial charge in [0.05, 0.1) is 53.8 Å². The Morgan fingerprint density at radius 2 is 1.41 bits per heavy atom. The summed E-state index contributed by atoms with van der Waals surface area (Å²) in [6.45, 7) is 18.4. The van der Waals surface area contributed by atoms with Crippen LogP contribution < -0.4 is 25.3 Å². The topological polar surface area (TPSA) is 217 Å². The van der Waals surface area contributed by atoms with Gasteiger partial charge in [-0.15, -0.1) is 5.10 Å². The van der Waals surface area contributed by atoms with Crippen molar-refractivity contribution in [1.29, 1.82) is 0 Å². The molecule has 1 aromatic heterocycles. The first-order chi connectivity index (χ1) is 30.6. The Labute approximate surface area is 392 Å². The third-order valence-electron chi connectivity index (χ3n) is 9.20. The average Bonchev–Trinajstić information content (AvgIpc) is 3.61. The zero-order chi connectivity index (χ0) is 50.0. The van der Waals surface area contributed by atoms with E-state index in [0.29, 0.717) is 33.5 Å². The molecule has 0 radical (unpaired) electrons. The number of hydrogen-bond donors (Lipinski definition) is 1. The van der Waals surface area contributed by atoms with Crippen LogP contribution in [0, 0.1) is 44.2 Å². The molecule has 0 spiro atoms. The van der Waals surface area contributed by atoms with Gasteiger partial charge in [-0.1, -0.05) is 69.4 Å². The van der Waals surface area contributed by atoms with Crippen molar-refractivity contribution >= 4 is 57.6 Å². The Bertz CT molecular complexity index is 2610. The van der Waals surface area contributed by atoms with Gasteiger partial charge in [-0.2, -0.15) is 17.9 Å². The molecule has 358 valence electrons. The highest BCUT2D eigenvalue weighted by Gasteiger charge is 2.32. The van der Waals surface area contributed by atoms with Crippen LogP contribution in [0.3, 0.4) is 0 Å². The van der Waals surface area contributed by atoms with Crippen molar-refractivity contribution in [2.24, 2.45) is 0 Å². The van der Waals surface area contributed by atoms with Crippen LogP contribution in [0.2, 0.25) is 15.1 Å². The van der Waals surface area contributed by atoms with E-state index in [1.165, 1.54) is 30.3 Å². The van der Waals surface area contributed by atoms with E-state index in [-0.39, 0.29) is 74.2 Å². The first kappa shape index (κ1) is 54.2. The van der Waals surface area contributed by atoms with Gasteiger partial charge in [0.25, 0.3) is 5.69 Å². The average molecular weight is 988 g/mol. The van der Waals surface area contributed by atoms with Crippen LogP contribution in [0.15, 0.2) is 63.8 Å². The molecule has 66 heavy (non-hydrogen) atoms. The molecule has 0 saturated heterocycles. The van der Waals surface area contributed by atoms with Crippen LogP contribution in [-0.2, 0) is 11.6 Å². The highest BCUT2D eigenvalue weighted by Crippen LogP contribution is 2.41. The molecule has 0 atom stereocenters. The molecule has 5 rings (SSSR count). The Balaban J connectivity index is 0.000000264. The summed E-state index contributed by atoms with van der Waals surface area (Å²) in [7, 11) is 0. The lowest BCUT2D eigenvalue weighted by Crippen LogP contribution is -2.19. The van der Waals surface area contributed by atoms with Crippen molar-refractivity contribution in [2.45, 2.75) is 106 Å². The van der Waals surface area contributed by atoms with Gasteiger partial charge >= 0.3 is 23.3 Å². The summed E-state index contributed by atoms with van der Waals surface area (Å²) in [6.07, 6.45) is -3.11. The van der Waals surface area contributed by atoms with Gasteiger partial charge < -0.3 is 23.9 Å². The Morgan fingerprint density at radius 1 is 0.803 bits per heavy atom. The molecule has 0 aliphatic carbocycles. The van der Waals surface area contributed by atoms with Crippen molar-refractivity contribution in [3.8, 4) is 28.7 Å². The minimum atomic E-state index is -4.52. The molecule has 4 aromatic carbocycles. The van der Waals surface area contributed by atoms with Crippen molar-refractivity contribution in [3.63, 3.8) is 0 Å². The highest BCUT2D eigenvalue weighted by molar-refractivity contribution is 6.36. The summed E-state index contributed by atoms with van der Waals surface area (Å²) in [5.41, 5.74) is -0.618. The minimum Gasteiger partial charge on any atom is -0.489 e. The predicted octanol–water partition coefficient (Wildman–Crippen LogP) is 13.4. The van der Waals surface area contributed by atoms with E-state index >= 15 is 0 Å². The maximum Gasteiger partial charge on any atom is 0.442 e. The van der Waals surface area contributed by atoms with Gasteiger partial charge in [-0.05, 0) is 83.4 Å². The zero-order valence-corrected chi connectivity index (χ0v) is 39.7. The van der Waals surface area contributed by atoms with Crippen molar-refractivity contribution in [3.05, 3.63) is 133 Å². The smallest absolute Gasteiger partial charge is 0.442 e. The fourth-order valence-corrected chi connectivity index (χ4v) is 6.44. The van der Waals surface area contributed by atoms with Gasteiger partial charge in [-0.3, -0.25) is 30.3 Å². The largest absolute Gasteiger partial charge is 0.489 e. The lowest BCUT2D eigenvalue weighted by atomic mass is 9.97. The summed E-state index contributed by atoms with van der Waals surface area (Å²) < 4.78 is 60.3. The van der Waals surface area contributed by atoms with E-state index in [9.17, 15) is 48.3 Å². The number of nitro groups is 3. The number of nitrogens with one attached hydrogen (secondary N) is 1. The maximum absolute atomic E-state index is 12.6. The number of aromatic nitrogens is 2. The Hall–Kier alpha value is -6.12. The van der Waals surface area contributed by atoms with E-state index in [0.717, 1.165) is 35.7 Å². The second-order valence-electron chi connectivity index (χ2n) is 15.5. The van der Waals surface area contributed by atoms with Gasteiger partial charge in [0.1, 0.15) is 17.2 Å². The number of benzene rings is 4. The van der Waals surface area contributed by atoms with E-state index in [4.69, 9.17) is 53.4 Å². The third-order valence-corrected chi connectivity index (χ3v) is 10.1. The summed E-state index contributed by atoms with van der Waals surface area (Å²) in [5, 5.41) is 40.9. The summed E-state index contributed by atoms with van der Waals surface area (Å²) in [5.74, 6) is 0.275. The molecule has 5 aromatic rings. The molecule has 0 fully saturated rings. The fraction of sp³-hybridized carbons (Fsp3) is 0.395. The van der Waals surface area contributed by atoms with Crippen molar-refractivity contribution < 1.29 is 46.6 Å². The SMILES string of the molecule is CC(C)Oc1cc(-n2nc(C(C)(C)C)oc2=O)c(Cl)cc1Cl.CCC(CC)Nc1c([N+](=O)[O-])cc(C)c(C)c1[N+](=O)[O-].CCOc1cc(Oc2ccc(C(F)(F)F)cc2Cl)ccc1[N+](=O)[O-]. The number of ether oxygens (including phenoxy) is 3. The standard InChI is InChI=1S/C15H18Cl2N2O3.C15H11ClF3NO4.C13H19N3O4/c1-8(2)21-12-7-11(9(16)6-10(12)17)19-14(20)22-13(18-19)15(3,4)5;1-2-23-14-8-10(4-5-12(14)20(21)22)24-13-6-3-9(7-11(13)16)15(17,18)19;1-5-10(6-2)14-12-11(15(17)18)7-8(3)9(4)13(12)16(19)20/h6-8H,1-5H3;3-8H,2H2,1H3;7,10,14H,5-6H2,1-4H3. The third kappa shape index (κ3) is 14.2. The number of hydrogen-bond acceptors (Lipinski definition) is 13. The molecule has 17 nitrogen and oxygen atoms in total. The molecule has 23 heteroatoms. The first-order valence-electron chi connectivity index (χ1n) is 20.1. The molecular weight excluding hydrogens is 940 g/mol. The van der Waals surface area contributed by atoms with Crippen LogP contribution in [0.25, 0.3) is 5.69 Å². The monoisotopic (exact) mass is 986 g/mol. The number of anilines is 1. The summed E-state index contributed by atoms with van der Waals surface area (Å²) in [6, 6.07) is 10.9. The fourth-order valence-electron chi connectivity index (χ4n) is 5.72. The van der Waals surface area contributed by atoms with E-state index in [1.807, 2.05) is 48.5 Å². The van der Waals surface area contributed by atoms with E-state index < -0.39 is 32.3 Å². The first-order valence-corrected chi connectivity index (χ1v) is 21.2. The van der Waals surface area contributed by atoms with Crippen LogP contribution in [0.5, 0.6) is 23.0 Å². The van der Waals surface area contributed by atoms with Crippen LogP contribution >= 0.6 is 34.8 Å². The molecule has 0 unspecified atom stereocenters. The predicted molar refractivity (Wildman–Crippen MR) is 245 cm³/mol. The van der Waals surface area contributed by atoms with Crippen molar-refractivity contribution in [1.82, 2.24) is 9.78 Å². The molecule has 0 amide bonds. The van der Waals surface area contributed by atoms with Crippen LogP contribution in [0.1, 0.15) is 90.8 Å². The van der Waals surface area contributed by atoms with E-state index in [2.05, 4.69) is 10.4 Å². The molecule has 0 bridgehead atoms. The van der Waals surface area contributed by atoms with Crippen LogP contribution in [0.4, 0.5) is 35.9 Å².